The quantitative estimate of drug-likeness (QED) is 0.129. The molecule has 0 aromatic carbocycles. The Hall–Kier alpha value is -2.20. The number of ether oxygens (including phenoxy) is 2. The first-order chi connectivity index (χ1) is 17.4. The molecule has 0 bridgehead atoms. The van der Waals surface area contributed by atoms with Crippen LogP contribution >= 0.6 is 0 Å². The average molecular weight is 517 g/mol. The molecule has 10 nitrogen and oxygen atoms in total. The van der Waals surface area contributed by atoms with Crippen LogP contribution in [0, 0.1) is 0 Å². The zero-order valence-electron chi connectivity index (χ0n) is 23.3. The highest BCUT2D eigenvalue weighted by molar-refractivity contribution is 5.87. The summed E-state index contributed by atoms with van der Waals surface area (Å²) in [7, 11) is 0. The first kappa shape index (κ1) is 36.0. The van der Waals surface area contributed by atoms with Crippen molar-refractivity contribution in [2.24, 2.45) is 0 Å². The lowest BCUT2D eigenvalue weighted by Crippen LogP contribution is -2.48. The van der Waals surface area contributed by atoms with Crippen LogP contribution in [-0.2, 0) is 28.7 Å². The van der Waals surface area contributed by atoms with Gasteiger partial charge in [0, 0.05) is 32.7 Å². The third kappa shape index (κ3) is 24.9. The number of nitrogens with one attached hydrogen (secondary N) is 4. The van der Waals surface area contributed by atoms with Crippen LogP contribution in [0.15, 0.2) is 0 Å². The molecule has 0 saturated heterocycles. The van der Waals surface area contributed by atoms with E-state index in [0.29, 0.717) is 32.8 Å². The highest BCUT2D eigenvalue weighted by Crippen LogP contribution is 2.04. The molecule has 4 amide bonds. The van der Waals surface area contributed by atoms with Gasteiger partial charge in [0.1, 0.15) is 12.6 Å². The van der Waals surface area contributed by atoms with E-state index in [-0.39, 0.29) is 30.4 Å². The van der Waals surface area contributed by atoms with E-state index in [4.69, 9.17) is 9.47 Å². The summed E-state index contributed by atoms with van der Waals surface area (Å²) < 4.78 is 10.6. The fraction of sp³-hybridized carbons (Fsp3) is 0.846. The summed E-state index contributed by atoms with van der Waals surface area (Å²) in [6, 6.07) is -0.363. The Kier molecular flexibility index (Phi) is 27.4. The fourth-order valence-corrected chi connectivity index (χ4v) is 3.18. The lowest BCUT2D eigenvalue weighted by atomic mass is 10.1. The van der Waals surface area contributed by atoms with Gasteiger partial charge in [0.15, 0.2) is 0 Å². The van der Waals surface area contributed by atoms with Gasteiger partial charge in [-0.25, -0.2) is 0 Å². The van der Waals surface area contributed by atoms with Gasteiger partial charge >= 0.3 is 0 Å². The lowest BCUT2D eigenvalue weighted by Gasteiger charge is -2.18. The van der Waals surface area contributed by atoms with Crippen molar-refractivity contribution in [3.8, 4) is 0 Å². The van der Waals surface area contributed by atoms with Gasteiger partial charge in [-0.05, 0) is 44.9 Å². The van der Waals surface area contributed by atoms with Gasteiger partial charge in [0.25, 0.3) is 0 Å². The molecule has 4 N–H and O–H groups in total. The summed E-state index contributed by atoms with van der Waals surface area (Å²) in [4.78, 5) is 45.1. The van der Waals surface area contributed by atoms with Crippen LogP contribution in [0.4, 0.5) is 0 Å². The second-order valence-corrected chi connectivity index (χ2v) is 8.59. The molecule has 0 aliphatic carbocycles. The lowest BCUT2D eigenvalue weighted by molar-refractivity contribution is -0.132. The zero-order chi connectivity index (χ0) is 27.4. The van der Waals surface area contributed by atoms with E-state index in [1.54, 1.807) is 0 Å². The topological polar surface area (TPSA) is 135 Å². The van der Waals surface area contributed by atoms with Gasteiger partial charge in [-0.1, -0.05) is 40.5 Å². The molecule has 0 fully saturated rings. The molecule has 0 radical (unpaired) electrons. The second-order valence-electron chi connectivity index (χ2n) is 8.59. The van der Waals surface area contributed by atoms with Crippen molar-refractivity contribution in [2.75, 3.05) is 39.5 Å². The van der Waals surface area contributed by atoms with Crippen molar-refractivity contribution in [1.82, 2.24) is 21.3 Å². The van der Waals surface area contributed by atoms with Gasteiger partial charge < -0.3 is 30.7 Å². The van der Waals surface area contributed by atoms with Crippen molar-refractivity contribution in [2.45, 2.75) is 104 Å². The summed E-state index contributed by atoms with van der Waals surface area (Å²) in [6.07, 6.45) is 8.80. The van der Waals surface area contributed by atoms with E-state index < -0.39 is 6.04 Å². The summed E-state index contributed by atoms with van der Waals surface area (Å²) >= 11 is 0. The molecule has 0 aromatic rings. The minimum Gasteiger partial charge on any atom is -0.379 e. The van der Waals surface area contributed by atoms with Crippen LogP contribution < -0.4 is 21.3 Å². The van der Waals surface area contributed by atoms with Gasteiger partial charge in [-0.15, -0.1) is 0 Å². The number of amides is 4. The minimum atomic E-state index is -0.546. The molecule has 0 saturated carbocycles. The molecule has 0 rings (SSSR count). The smallest absolute Gasteiger partial charge is 0.246 e. The maximum absolute atomic E-state index is 12.4. The maximum Gasteiger partial charge on any atom is 0.246 e. The average Bonchev–Trinajstić information content (AvgIpc) is 2.85. The minimum absolute atomic E-state index is 0.0132. The predicted octanol–water partition coefficient (Wildman–Crippen LogP) is 2.45. The van der Waals surface area contributed by atoms with Crippen molar-refractivity contribution >= 4 is 24.1 Å². The molecular formula is C26H52N4O6. The molecule has 0 heterocycles. The summed E-state index contributed by atoms with van der Waals surface area (Å²) in [5.41, 5.74) is 0. The second kappa shape index (κ2) is 27.4. The Bertz CT molecular complexity index is 563. The molecule has 0 aromatic heterocycles. The van der Waals surface area contributed by atoms with Crippen LogP contribution in [-0.4, -0.2) is 75.7 Å². The SMILES string of the molecule is CCCCNC=O.CCCOCCOCC(=O)NC(CCC)C(=O)NCCCCC(CC)NC(C)=O. The van der Waals surface area contributed by atoms with Crippen LogP contribution in [0.1, 0.15) is 92.4 Å². The highest BCUT2D eigenvalue weighted by atomic mass is 16.5. The normalized spacial score (nSPS) is 11.9. The number of hydrogen-bond acceptors (Lipinski definition) is 6. The maximum atomic E-state index is 12.4. The van der Waals surface area contributed by atoms with Crippen LogP contribution in [0.3, 0.4) is 0 Å². The summed E-state index contributed by atoms with van der Waals surface area (Å²) in [6.45, 7) is 12.4. The van der Waals surface area contributed by atoms with Crippen LogP contribution in [0.2, 0.25) is 0 Å². The third-order valence-corrected chi connectivity index (χ3v) is 5.12. The first-order valence-corrected chi connectivity index (χ1v) is 13.5. The number of hydrogen-bond donors (Lipinski definition) is 4. The Labute approximate surface area is 218 Å². The Balaban J connectivity index is 0. The standard InChI is InChI=1S/C21H41N3O5.C5H11NO/c1-5-10-19(24-20(26)16-29-15-14-28-13-6-2)21(27)22-12-9-8-11-18(7-3)23-17(4)25;1-2-3-4-6-5-7/h18-19H,5-16H2,1-4H3,(H,22,27)(H,23,25)(H,24,26);5H,2-4H2,1H3,(H,6,7). The van der Waals surface area contributed by atoms with E-state index in [1.165, 1.54) is 6.92 Å². The molecule has 0 spiro atoms. The highest BCUT2D eigenvalue weighted by Gasteiger charge is 2.19. The van der Waals surface area contributed by atoms with E-state index in [9.17, 15) is 19.2 Å². The Morgan fingerprint density at radius 1 is 0.806 bits per heavy atom. The van der Waals surface area contributed by atoms with E-state index in [1.807, 2.05) is 20.8 Å². The number of unbranched alkanes of at least 4 members (excludes halogenated alkanes) is 2. The van der Waals surface area contributed by atoms with Crippen LogP contribution in [0.5, 0.6) is 0 Å². The number of carbonyl (C=O) groups is 4. The summed E-state index contributed by atoms with van der Waals surface area (Å²) in [5.74, 6) is -0.476. The molecule has 36 heavy (non-hydrogen) atoms. The van der Waals surface area contributed by atoms with Gasteiger partial charge in [0.2, 0.25) is 24.1 Å². The first-order valence-electron chi connectivity index (χ1n) is 13.5. The molecule has 2 atom stereocenters. The Morgan fingerprint density at radius 2 is 1.53 bits per heavy atom. The number of carbonyl (C=O) groups excluding carboxylic acids is 4. The van der Waals surface area contributed by atoms with Gasteiger partial charge in [0.05, 0.1) is 13.2 Å². The largest absolute Gasteiger partial charge is 0.379 e. The van der Waals surface area contributed by atoms with E-state index in [2.05, 4.69) is 28.2 Å². The van der Waals surface area contributed by atoms with Crippen molar-refractivity contribution in [1.29, 1.82) is 0 Å². The van der Waals surface area contributed by atoms with E-state index in [0.717, 1.165) is 64.3 Å². The molecule has 10 heteroatoms. The molecule has 2 unspecified atom stereocenters. The number of rotatable bonds is 22. The third-order valence-electron chi connectivity index (χ3n) is 5.12. The van der Waals surface area contributed by atoms with Gasteiger partial charge in [-0.3, -0.25) is 19.2 Å². The van der Waals surface area contributed by atoms with E-state index >= 15 is 0 Å². The molecule has 0 aliphatic rings. The zero-order valence-corrected chi connectivity index (χ0v) is 23.3. The molecule has 212 valence electrons. The molecular weight excluding hydrogens is 464 g/mol. The molecule has 0 aliphatic heterocycles. The monoisotopic (exact) mass is 516 g/mol. The summed E-state index contributed by atoms with van der Waals surface area (Å²) in [5, 5.41) is 11.1. The predicted molar refractivity (Wildman–Crippen MR) is 142 cm³/mol. The van der Waals surface area contributed by atoms with Gasteiger partial charge in [-0.2, -0.15) is 0 Å². The van der Waals surface area contributed by atoms with Crippen molar-refractivity contribution < 1.29 is 28.7 Å². The van der Waals surface area contributed by atoms with Crippen molar-refractivity contribution in [3.63, 3.8) is 0 Å². The van der Waals surface area contributed by atoms with Crippen LogP contribution in [0.25, 0.3) is 0 Å². The fourth-order valence-electron chi connectivity index (χ4n) is 3.18. The van der Waals surface area contributed by atoms with Crippen molar-refractivity contribution in [3.05, 3.63) is 0 Å². The Morgan fingerprint density at radius 3 is 2.11 bits per heavy atom.